The first kappa shape index (κ1) is 22.5. The molecule has 0 saturated heterocycles. The molecule has 2 aromatic rings. The monoisotopic (exact) mass is 428 g/mol. The van der Waals surface area contributed by atoms with E-state index >= 15 is 0 Å². The Morgan fingerprint density at radius 3 is 2.38 bits per heavy atom. The lowest BCUT2D eigenvalue weighted by atomic mass is 10.2. The minimum absolute atomic E-state index is 0.0437. The molecule has 0 radical (unpaired) electrons. The van der Waals surface area contributed by atoms with Crippen molar-refractivity contribution < 1.29 is 18.0 Å². The number of aliphatic imine (C=N–C) groups is 1. The number of hydrogen-bond donors (Lipinski definition) is 4. The van der Waals surface area contributed by atoms with Crippen LogP contribution in [0.25, 0.3) is 0 Å². The van der Waals surface area contributed by atoms with Gasteiger partial charge >= 0.3 is 12.2 Å². The Morgan fingerprint density at radius 2 is 1.83 bits per heavy atom. The van der Waals surface area contributed by atoms with Crippen LogP contribution in [0.2, 0.25) is 0 Å². The number of guanidine groups is 1. The van der Waals surface area contributed by atoms with Gasteiger partial charge in [0.15, 0.2) is 11.7 Å². The molecule has 158 valence electrons. The summed E-state index contributed by atoms with van der Waals surface area (Å²) in [5, 5.41) is 12.8. The van der Waals surface area contributed by atoms with Gasteiger partial charge in [0.1, 0.15) is 5.01 Å². The summed E-state index contributed by atoms with van der Waals surface area (Å²) in [5.41, 5.74) is 0.716. The van der Waals surface area contributed by atoms with Gasteiger partial charge in [0, 0.05) is 30.7 Å². The summed E-state index contributed by atoms with van der Waals surface area (Å²) in [6.07, 6.45) is -4.44. The van der Waals surface area contributed by atoms with E-state index < -0.39 is 11.9 Å². The fraction of sp³-hybridized carbons (Fsp3) is 0.389. The number of nitrogens with one attached hydrogen (secondary N) is 4. The summed E-state index contributed by atoms with van der Waals surface area (Å²) < 4.78 is 37.8. The second kappa shape index (κ2) is 10.1. The minimum Gasteiger partial charge on any atom is -0.352 e. The van der Waals surface area contributed by atoms with Crippen LogP contribution in [-0.4, -0.2) is 30.1 Å². The fourth-order valence-corrected chi connectivity index (χ4v) is 2.96. The maximum absolute atomic E-state index is 12.6. The molecule has 7 nitrogen and oxygen atoms in total. The summed E-state index contributed by atoms with van der Waals surface area (Å²) >= 11 is 0.937. The first-order chi connectivity index (χ1) is 13.7. The van der Waals surface area contributed by atoms with E-state index in [0.29, 0.717) is 23.2 Å². The Morgan fingerprint density at radius 1 is 1.17 bits per heavy atom. The lowest BCUT2D eigenvalue weighted by Gasteiger charge is -2.12. The summed E-state index contributed by atoms with van der Waals surface area (Å²) in [4.78, 5) is 19.3. The first-order valence-electron chi connectivity index (χ1n) is 8.80. The second-order valence-corrected chi connectivity index (χ2v) is 7.30. The van der Waals surface area contributed by atoms with E-state index in [9.17, 15) is 18.0 Å². The van der Waals surface area contributed by atoms with Crippen LogP contribution in [0, 0.1) is 0 Å². The van der Waals surface area contributed by atoms with Crippen LogP contribution in [0.1, 0.15) is 30.1 Å². The highest BCUT2D eigenvalue weighted by atomic mass is 32.1. The first-order valence-corrected chi connectivity index (χ1v) is 9.68. The molecule has 0 bridgehead atoms. The van der Waals surface area contributed by atoms with E-state index in [0.717, 1.165) is 22.3 Å². The van der Waals surface area contributed by atoms with Gasteiger partial charge in [-0.1, -0.05) is 12.1 Å². The van der Waals surface area contributed by atoms with Gasteiger partial charge in [-0.05, 0) is 31.5 Å². The third kappa shape index (κ3) is 7.60. The Kier molecular flexibility index (Phi) is 7.82. The van der Waals surface area contributed by atoms with Crippen molar-refractivity contribution in [2.24, 2.45) is 4.99 Å². The molecular weight excluding hydrogens is 405 g/mol. The van der Waals surface area contributed by atoms with Gasteiger partial charge < -0.3 is 21.3 Å². The van der Waals surface area contributed by atoms with Gasteiger partial charge in [-0.2, -0.15) is 13.2 Å². The number of benzene rings is 1. The molecule has 0 aliphatic rings. The summed E-state index contributed by atoms with van der Waals surface area (Å²) in [6, 6.07) is 7.03. The number of carbonyl (C=O) groups excluding carboxylic acids is 1. The van der Waals surface area contributed by atoms with E-state index in [-0.39, 0.29) is 18.6 Å². The molecule has 11 heteroatoms. The molecule has 2 rings (SSSR count). The number of urea groups is 1. The van der Waals surface area contributed by atoms with Gasteiger partial charge in [-0.15, -0.1) is 11.3 Å². The van der Waals surface area contributed by atoms with E-state index in [1.807, 2.05) is 26.0 Å². The highest BCUT2D eigenvalue weighted by Crippen LogP contribution is 2.29. The van der Waals surface area contributed by atoms with Crippen LogP contribution in [0.15, 0.2) is 34.6 Å². The molecule has 0 aliphatic heterocycles. The Bertz CT molecular complexity index is 833. The number of rotatable bonds is 6. The molecular formula is C18H23F3N6OS. The van der Waals surface area contributed by atoms with Crippen molar-refractivity contribution in [2.45, 2.75) is 39.2 Å². The molecule has 4 N–H and O–H groups in total. The average molecular weight is 428 g/mol. The normalized spacial score (nSPS) is 12.0. The SMILES string of the molecule is CN=C(NCc1ccc(NC(=O)NC(C)C)cc1)NCc1nc(C(F)(F)F)cs1. The molecule has 29 heavy (non-hydrogen) atoms. The Balaban J connectivity index is 1.81. The number of anilines is 1. The van der Waals surface area contributed by atoms with Crippen molar-refractivity contribution >= 4 is 29.0 Å². The number of carbonyl (C=O) groups is 1. The summed E-state index contributed by atoms with van der Waals surface area (Å²) in [5.74, 6) is 0.437. The molecule has 0 saturated carbocycles. The molecule has 0 fully saturated rings. The van der Waals surface area contributed by atoms with Gasteiger partial charge in [-0.3, -0.25) is 4.99 Å². The molecule has 0 unspecified atom stereocenters. The molecule has 0 atom stereocenters. The van der Waals surface area contributed by atoms with Crippen LogP contribution in [-0.2, 0) is 19.3 Å². The van der Waals surface area contributed by atoms with Gasteiger partial charge in [0.05, 0.1) is 6.54 Å². The maximum atomic E-state index is 12.6. The number of alkyl halides is 3. The van der Waals surface area contributed by atoms with Crippen molar-refractivity contribution in [2.75, 3.05) is 12.4 Å². The predicted molar refractivity (Wildman–Crippen MR) is 108 cm³/mol. The van der Waals surface area contributed by atoms with Crippen molar-refractivity contribution in [3.63, 3.8) is 0 Å². The minimum atomic E-state index is -4.44. The molecule has 2 amide bonds. The lowest BCUT2D eigenvalue weighted by molar-refractivity contribution is -0.140. The molecule has 1 aromatic carbocycles. The number of thiazole rings is 1. The zero-order chi connectivity index (χ0) is 21.4. The standard InChI is InChI=1S/C18H23F3N6OS/c1-11(2)25-17(28)26-13-6-4-12(5-7-13)8-23-16(22-3)24-9-15-27-14(10-29-15)18(19,20)21/h4-7,10-11H,8-9H2,1-3H3,(H2,22,23,24)(H2,25,26,28). The number of nitrogens with zero attached hydrogens (tertiary/aromatic N) is 2. The Hall–Kier alpha value is -2.82. The number of amides is 2. The van der Waals surface area contributed by atoms with Crippen molar-refractivity contribution in [3.8, 4) is 0 Å². The van der Waals surface area contributed by atoms with E-state index in [1.165, 1.54) is 0 Å². The van der Waals surface area contributed by atoms with Crippen LogP contribution in [0.4, 0.5) is 23.7 Å². The predicted octanol–water partition coefficient (Wildman–Crippen LogP) is 3.56. The van der Waals surface area contributed by atoms with Crippen molar-refractivity contribution in [1.29, 1.82) is 0 Å². The quantitative estimate of drug-likeness (QED) is 0.418. The van der Waals surface area contributed by atoms with E-state index in [4.69, 9.17) is 0 Å². The van der Waals surface area contributed by atoms with Gasteiger partial charge in [-0.25, -0.2) is 9.78 Å². The number of halogens is 3. The van der Waals surface area contributed by atoms with E-state index in [2.05, 4.69) is 31.2 Å². The zero-order valence-electron chi connectivity index (χ0n) is 16.2. The highest BCUT2D eigenvalue weighted by Gasteiger charge is 2.33. The number of hydrogen-bond acceptors (Lipinski definition) is 4. The fourth-order valence-electron chi connectivity index (χ4n) is 2.22. The second-order valence-electron chi connectivity index (χ2n) is 6.35. The van der Waals surface area contributed by atoms with Gasteiger partial charge in [0.25, 0.3) is 0 Å². The lowest BCUT2D eigenvalue weighted by Crippen LogP contribution is -2.36. The topological polar surface area (TPSA) is 90.4 Å². The van der Waals surface area contributed by atoms with Crippen molar-refractivity contribution in [3.05, 3.63) is 45.9 Å². The third-order valence-corrected chi connectivity index (χ3v) is 4.41. The average Bonchev–Trinajstić information content (AvgIpc) is 3.12. The molecule has 0 spiro atoms. The van der Waals surface area contributed by atoms with E-state index in [1.54, 1.807) is 19.2 Å². The molecule has 1 aromatic heterocycles. The van der Waals surface area contributed by atoms with Gasteiger partial charge in [0.2, 0.25) is 0 Å². The highest BCUT2D eigenvalue weighted by molar-refractivity contribution is 7.09. The summed E-state index contributed by atoms with van der Waals surface area (Å²) in [6.45, 7) is 4.33. The number of aromatic nitrogens is 1. The summed E-state index contributed by atoms with van der Waals surface area (Å²) in [7, 11) is 1.57. The maximum Gasteiger partial charge on any atom is 0.434 e. The largest absolute Gasteiger partial charge is 0.434 e. The van der Waals surface area contributed by atoms with Crippen molar-refractivity contribution in [1.82, 2.24) is 20.9 Å². The third-order valence-electron chi connectivity index (χ3n) is 3.56. The van der Waals surface area contributed by atoms with Crippen LogP contribution >= 0.6 is 11.3 Å². The van der Waals surface area contributed by atoms with Crippen LogP contribution in [0.5, 0.6) is 0 Å². The smallest absolute Gasteiger partial charge is 0.352 e. The van der Waals surface area contributed by atoms with Crippen LogP contribution in [0.3, 0.4) is 0 Å². The molecule has 0 aliphatic carbocycles. The molecule has 1 heterocycles. The zero-order valence-corrected chi connectivity index (χ0v) is 17.0. The Labute approximate surface area is 170 Å². The van der Waals surface area contributed by atoms with Crippen LogP contribution < -0.4 is 21.3 Å².